The Morgan fingerprint density at radius 3 is 2.33 bits per heavy atom. The van der Waals surface area contributed by atoms with Crippen LogP contribution in [0.1, 0.15) is 29.3 Å². The van der Waals surface area contributed by atoms with Crippen molar-refractivity contribution in [2.75, 3.05) is 11.5 Å². The second-order valence-electron chi connectivity index (χ2n) is 6.66. The molecule has 3 N–H and O–H groups in total. The van der Waals surface area contributed by atoms with Crippen molar-refractivity contribution in [3.63, 3.8) is 0 Å². The average Bonchev–Trinajstić information content (AvgIpc) is 2.99. The molecule has 0 aromatic heterocycles. The normalized spacial score (nSPS) is 16.7. The van der Waals surface area contributed by atoms with Gasteiger partial charge in [0.25, 0.3) is 5.91 Å². The number of hydrogen-bond acceptors (Lipinski definition) is 7. The number of anilines is 1. The molecular formula is C20H21N3O6S. The SMILES string of the molecule is CCOC(=O)c1ccc(N2C(=O)CC(NCc3ccc(S(N)(=O)=O)cc3)C2=O)cc1. The lowest BCUT2D eigenvalue weighted by atomic mass is 10.2. The molecule has 3 rings (SSSR count). The molecule has 1 aliphatic heterocycles. The summed E-state index contributed by atoms with van der Waals surface area (Å²) in [6.45, 7) is 2.22. The van der Waals surface area contributed by atoms with Gasteiger partial charge in [-0.2, -0.15) is 0 Å². The second-order valence-corrected chi connectivity index (χ2v) is 8.22. The van der Waals surface area contributed by atoms with Crippen molar-refractivity contribution in [2.24, 2.45) is 5.14 Å². The van der Waals surface area contributed by atoms with Crippen LogP contribution in [0.3, 0.4) is 0 Å². The van der Waals surface area contributed by atoms with E-state index < -0.39 is 27.9 Å². The number of imide groups is 1. The van der Waals surface area contributed by atoms with Crippen molar-refractivity contribution in [1.29, 1.82) is 0 Å². The zero-order chi connectivity index (χ0) is 21.9. The average molecular weight is 431 g/mol. The summed E-state index contributed by atoms with van der Waals surface area (Å²) in [7, 11) is -3.77. The molecule has 2 aromatic carbocycles. The number of rotatable bonds is 7. The number of sulfonamides is 1. The summed E-state index contributed by atoms with van der Waals surface area (Å²) in [5.74, 6) is -1.23. The van der Waals surface area contributed by atoms with Crippen LogP contribution in [-0.2, 0) is 30.9 Å². The first-order valence-electron chi connectivity index (χ1n) is 9.20. The number of nitrogens with zero attached hydrogens (tertiary/aromatic N) is 1. The molecule has 2 aromatic rings. The largest absolute Gasteiger partial charge is 0.462 e. The zero-order valence-electron chi connectivity index (χ0n) is 16.2. The number of nitrogens with two attached hydrogens (primary N) is 1. The summed E-state index contributed by atoms with van der Waals surface area (Å²) in [5, 5.41) is 8.08. The van der Waals surface area contributed by atoms with Crippen molar-refractivity contribution in [2.45, 2.75) is 30.8 Å². The van der Waals surface area contributed by atoms with E-state index in [1.807, 2.05) is 0 Å². The highest BCUT2D eigenvalue weighted by Gasteiger charge is 2.39. The van der Waals surface area contributed by atoms with Gasteiger partial charge < -0.3 is 10.1 Å². The minimum atomic E-state index is -3.77. The van der Waals surface area contributed by atoms with Crippen molar-refractivity contribution in [3.05, 3.63) is 59.7 Å². The number of primary sulfonamides is 1. The highest BCUT2D eigenvalue weighted by molar-refractivity contribution is 7.89. The Hall–Kier alpha value is -3.08. The molecule has 1 heterocycles. The number of carbonyl (C=O) groups excluding carboxylic acids is 3. The van der Waals surface area contributed by atoms with Gasteiger partial charge >= 0.3 is 5.97 Å². The van der Waals surface area contributed by atoms with Gasteiger partial charge in [-0.15, -0.1) is 0 Å². The highest BCUT2D eigenvalue weighted by atomic mass is 32.2. The molecule has 1 saturated heterocycles. The Balaban J connectivity index is 1.65. The lowest BCUT2D eigenvalue weighted by Crippen LogP contribution is -2.38. The van der Waals surface area contributed by atoms with Gasteiger partial charge in [0.2, 0.25) is 15.9 Å². The molecule has 158 valence electrons. The molecule has 2 amide bonds. The van der Waals surface area contributed by atoms with Crippen LogP contribution in [0.5, 0.6) is 0 Å². The maximum Gasteiger partial charge on any atom is 0.338 e. The van der Waals surface area contributed by atoms with E-state index in [-0.39, 0.29) is 30.4 Å². The molecular weight excluding hydrogens is 410 g/mol. The predicted octanol–water partition coefficient (Wildman–Crippen LogP) is 0.932. The van der Waals surface area contributed by atoms with Gasteiger partial charge in [-0.05, 0) is 48.9 Å². The molecule has 0 bridgehead atoms. The molecule has 0 spiro atoms. The minimum absolute atomic E-state index is 0.00388. The number of nitrogens with one attached hydrogen (secondary N) is 1. The predicted molar refractivity (Wildman–Crippen MR) is 108 cm³/mol. The molecule has 0 aliphatic carbocycles. The number of hydrogen-bond donors (Lipinski definition) is 2. The van der Waals surface area contributed by atoms with Crippen LogP contribution in [0.2, 0.25) is 0 Å². The Morgan fingerprint density at radius 1 is 1.13 bits per heavy atom. The Labute approximate surface area is 173 Å². The summed E-state index contributed by atoms with van der Waals surface area (Å²) < 4.78 is 27.5. The van der Waals surface area contributed by atoms with E-state index in [0.717, 1.165) is 10.5 Å². The number of benzene rings is 2. The van der Waals surface area contributed by atoms with Gasteiger partial charge in [0.1, 0.15) is 0 Å². The zero-order valence-corrected chi connectivity index (χ0v) is 17.0. The Kier molecular flexibility index (Phi) is 6.30. The molecule has 1 atom stereocenters. The lowest BCUT2D eigenvalue weighted by Gasteiger charge is -2.16. The van der Waals surface area contributed by atoms with Gasteiger partial charge in [0.05, 0.1) is 35.2 Å². The van der Waals surface area contributed by atoms with E-state index in [1.165, 1.54) is 36.4 Å². The van der Waals surface area contributed by atoms with E-state index in [0.29, 0.717) is 11.3 Å². The number of amides is 2. The fourth-order valence-electron chi connectivity index (χ4n) is 3.06. The van der Waals surface area contributed by atoms with Crippen LogP contribution in [0.25, 0.3) is 0 Å². The van der Waals surface area contributed by atoms with E-state index in [4.69, 9.17) is 9.88 Å². The summed E-state index contributed by atoms with van der Waals surface area (Å²) in [5.41, 5.74) is 1.44. The maximum absolute atomic E-state index is 12.7. The second kappa shape index (κ2) is 8.74. The molecule has 10 heteroatoms. The first-order valence-corrected chi connectivity index (χ1v) is 10.7. The quantitative estimate of drug-likeness (QED) is 0.492. The van der Waals surface area contributed by atoms with Gasteiger partial charge in [-0.25, -0.2) is 23.3 Å². The summed E-state index contributed by atoms with van der Waals surface area (Å²) in [4.78, 5) is 37.9. The fourth-order valence-corrected chi connectivity index (χ4v) is 3.58. The van der Waals surface area contributed by atoms with Crippen LogP contribution in [0.15, 0.2) is 53.4 Å². The first kappa shape index (κ1) is 21.6. The third kappa shape index (κ3) is 4.73. The first-order chi connectivity index (χ1) is 14.2. The molecule has 1 fully saturated rings. The summed E-state index contributed by atoms with van der Waals surface area (Å²) in [6, 6.07) is 11.3. The smallest absolute Gasteiger partial charge is 0.338 e. The van der Waals surface area contributed by atoms with Crippen molar-refractivity contribution in [1.82, 2.24) is 5.32 Å². The van der Waals surface area contributed by atoms with Crippen molar-refractivity contribution < 1.29 is 27.5 Å². The van der Waals surface area contributed by atoms with Crippen LogP contribution >= 0.6 is 0 Å². The van der Waals surface area contributed by atoms with Crippen LogP contribution < -0.4 is 15.4 Å². The van der Waals surface area contributed by atoms with Crippen molar-refractivity contribution in [3.8, 4) is 0 Å². The fraction of sp³-hybridized carbons (Fsp3) is 0.250. The van der Waals surface area contributed by atoms with E-state index in [1.54, 1.807) is 19.1 Å². The van der Waals surface area contributed by atoms with E-state index in [2.05, 4.69) is 5.32 Å². The number of esters is 1. The van der Waals surface area contributed by atoms with Crippen molar-refractivity contribution >= 4 is 33.5 Å². The van der Waals surface area contributed by atoms with Gasteiger partial charge in [0, 0.05) is 6.54 Å². The third-order valence-electron chi connectivity index (χ3n) is 4.59. The highest BCUT2D eigenvalue weighted by Crippen LogP contribution is 2.24. The van der Waals surface area contributed by atoms with E-state index in [9.17, 15) is 22.8 Å². The molecule has 1 unspecified atom stereocenters. The molecule has 1 aliphatic rings. The maximum atomic E-state index is 12.7. The standard InChI is InChI=1S/C20H21N3O6S/c1-2-29-20(26)14-5-7-15(8-6-14)23-18(24)11-17(19(23)25)22-12-13-3-9-16(10-4-13)30(21,27)28/h3-10,17,22H,2,11-12H2,1H3,(H2,21,27,28). The van der Waals surface area contributed by atoms with Gasteiger partial charge in [-0.1, -0.05) is 12.1 Å². The van der Waals surface area contributed by atoms with E-state index >= 15 is 0 Å². The van der Waals surface area contributed by atoms with Crippen LogP contribution in [-0.4, -0.2) is 38.9 Å². The Bertz CT molecular complexity index is 1060. The molecule has 9 nitrogen and oxygen atoms in total. The molecule has 0 radical (unpaired) electrons. The number of carbonyl (C=O) groups is 3. The van der Waals surface area contributed by atoms with Gasteiger partial charge in [-0.3, -0.25) is 9.59 Å². The van der Waals surface area contributed by atoms with Gasteiger partial charge in [0.15, 0.2) is 0 Å². The topological polar surface area (TPSA) is 136 Å². The summed E-state index contributed by atoms with van der Waals surface area (Å²) in [6.07, 6.45) is -0.00623. The van der Waals surface area contributed by atoms with Crippen LogP contribution in [0.4, 0.5) is 5.69 Å². The monoisotopic (exact) mass is 431 g/mol. The summed E-state index contributed by atoms with van der Waals surface area (Å²) >= 11 is 0. The third-order valence-corrected chi connectivity index (χ3v) is 5.52. The molecule has 30 heavy (non-hydrogen) atoms. The Morgan fingerprint density at radius 2 is 1.77 bits per heavy atom. The lowest BCUT2D eigenvalue weighted by molar-refractivity contribution is -0.121. The minimum Gasteiger partial charge on any atom is -0.462 e. The molecule has 0 saturated carbocycles. The number of ether oxygens (including phenoxy) is 1. The van der Waals surface area contributed by atoms with Crippen LogP contribution in [0, 0.1) is 0 Å².